The van der Waals surface area contributed by atoms with Crippen molar-refractivity contribution < 1.29 is 0 Å². The molecule has 0 bridgehead atoms. The molecule has 0 saturated heterocycles. The number of aromatic nitrogens is 3. The Hall–Kier alpha value is -1.64. The third kappa shape index (κ3) is 2.09. The summed E-state index contributed by atoms with van der Waals surface area (Å²) in [5.74, 6) is 1.09. The van der Waals surface area contributed by atoms with Gasteiger partial charge in [0.1, 0.15) is 12.2 Å². The fourth-order valence-corrected chi connectivity index (χ4v) is 2.15. The fraction of sp³-hybridized carbons (Fsp3) is 0.429. The molecule has 1 aromatic carbocycles. The lowest BCUT2D eigenvalue weighted by atomic mass is 10.0. The molecule has 3 heteroatoms. The first kappa shape index (κ1) is 10.5. The highest BCUT2D eigenvalue weighted by Gasteiger charge is 2.25. The third-order valence-electron chi connectivity index (χ3n) is 3.52. The van der Waals surface area contributed by atoms with Crippen LogP contribution in [-0.2, 0) is 6.42 Å². The molecule has 0 aliphatic heterocycles. The van der Waals surface area contributed by atoms with Crippen LogP contribution < -0.4 is 0 Å². The summed E-state index contributed by atoms with van der Waals surface area (Å²) in [5.41, 5.74) is 4.01. The van der Waals surface area contributed by atoms with E-state index in [9.17, 15) is 0 Å². The number of rotatable bonds is 3. The minimum Gasteiger partial charge on any atom is -0.314 e. The van der Waals surface area contributed by atoms with Crippen LogP contribution in [0.3, 0.4) is 0 Å². The van der Waals surface area contributed by atoms with Crippen molar-refractivity contribution in [2.45, 2.75) is 39.2 Å². The van der Waals surface area contributed by atoms with Crippen LogP contribution in [0.15, 0.2) is 24.5 Å². The number of hydrogen-bond acceptors (Lipinski definition) is 2. The molecule has 0 radical (unpaired) electrons. The van der Waals surface area contributed by atoms with Gasteiger partial charge in [-0.1, -0.05) is 18.2 Å². The Labute approximate surface area is 101 Å². The van der Waals surface area contributed by atoms with Crippen molar-refractivity contribution in [1.82, 2.24) is 14.8 Å². The Bertz CT molecular complexity index is 538. The molecule has 0 N–H and O–H groups in total. The molecule has 1 saturated carbocycles. The molecular formula is C14H17N3. The maximum absolute atomic E-state index is 4.24. The minimum atomic E-state index is 0.659. The molecule has 3 nitrogen and oxygen atoms in total. The van der Waals surface area contributed by atoms with Gasteiger partial charge >= 0.3 is 0 Å². The van der Waals surface area contributed by atoms with Gasteiger partial charge in [0.25, 0.3) is 0 Å². The number of nitrogens with zero attached hydrogens (tertiary/aromatic N) is 3. The van der Waals surface area contributed by atoms with E-state index in [4.69, 9.17) is 0 Å². The van der Waals surface area contributed by atoms with E-state index in [1.54, 1.807) is 0 Å². The Morgan fingerprint density at radius 3 is 2.76 bits per heavy atom. The average molecular weight is 227 g/mol. The van der Waals surface area contributed by atoms with Crippen molar-refractivity contribution in [2.75, 3.05) is 0 Å². The van der Waals surface area contributed by atoms with Crippen molar-refractivity contribution in [3.05, 3.63) is 47.0 Å². The summed E-state index contributed by atoms with van der Waals surface area (Å²) in [6.45, 7) is 4.30. The second kappa shape index (κ2) is 3.99. The third-order valence-corrected chi connectivity index (χ3v) is 3.52. The molecule has 3 rings (SSSR count). The van der Waals surface area contributed by atoms with Gasteiger partial charge in [-0.05, 0) is 43.4 Å². The van der Waals surface area contributed by atoms with E-state index in [1.165, 1.54) is 29.5 Å². The van der Waals surface area contributed by atoms with E-state index in [2.05, 4.69) is 46.8 Å². The van der Waals surface area contributed by atoms with Crippen LogP contribution in [0.1, 0.15) is 41.4 Å². The normalized spacial score (nSPS) is 15.2. The highest BCUT2D eigenvalue weighted by Crippen LogP contribution is 2.35. The first-order chi connectivity index (χ1) is 8.24. The fourth-order valence-electron chi connectivity index (χ4n) is 2.15. The molecule has 0 unspecified atom stereocenters. The molecule has 1 heterocycles. The van der Waals surface area contributed by atoms with Gasteiger partial charge in [-0.3, -0.25) is 0 Å². The molecule has 2 aromatic rings. The van der Waals surface area contributed by atoms with E-state index in [0.29, 0.717) is 6.04 Å². The van der Waals surface area contributed by atoms with Gasteiger partial charge in [-0.15, -0.1) is 10.2 Å². The van der Waals surface area contributed by atoms with Crippen LogP contribution >= 0.6 is 0 Å². The van der Waals surface area contributed by atoms with Crippen molar-refractivity contribution in [2.24, 2.45) is 0 Å². The van der Waals surface area contributed by atoms with Crippen LogP contribution in [0.5, 0.6) is 0 Å². The van der Waals surface area contributed by atoms with E-state index < -0.39 is 0 Å². The largest absolute Gasteiger partial charge is 0.314 e. The first-order valence-electron chi connectivity index (χ1n) is 6.18. The molecule has 17 heavy (non-hydrogen) atoms. The average Bonchev–Trinajstić information content (AvgIpc) is 3.05. The van der Waals surface area contributed by atoms with Crippen molar-refractivity contribution in [3.63, 3.8) is 0 Å². The zero-order chi connectivity index (χ0) is 11.8. The highest BCUT2D eigenvalue weighted by molar-refractivity contribution is 5.31. The van der Waals surface area contributed by atoms with Crippen LogP contribution in [0.2, 0.25) is 0 Å². The second-order valence-corrected chi connectivity index (χ2v) is 4.98. The molecule has 1 aromatic heterocycles. The van der Waals surface area contributed by atoms with Gasteiger partial charge in [-0.25, -0.2) is 0 Å². The van der Waals surface area contributed by atoms with E-state index in [1.807, 2.05) is 6.33 Å². The molecule has 1 fully saturated rings. The highest BCUT2D eigenvalue weighted by atomic mass is 15.3. The summed E-state index contributed by atoms with van der Waals surface area (Å²) >= 11 is 0. The summed E-state index contributed by atoms with van der Waals surface area (Å²) in [6, 6.07) is 7.28. The van der Waals surface area contributed by atoms with E-state index in [0.717, 1.165) is 12.2 Å². The molecule has 0 amide bonds. The van der Waals surface area contributed by atoms with E-state index in [-0.39, 0.29) is 0 Å². The summed E-state index contributed by atoms with van der Waals surface area (Å²) in [4.78, 5) is 0. The van der Waals surface area contributed by atoms with Crippen LogP contribution in [0, 0.1) is 13.8 Å². The molecule has 1 aliphatic rings. The summed E-state index contributed by atoms with van der Waals surface area (Å²) < 4.78 is 2.23. The van der Waals surface area contributed by atoms with Crippen LogP contribution in [0.25, 0.3) is 0 Å². The standard InChI is InChI=1S/C14H17N3/c1-10-3-4-12(7-11(10)2)8-14-16-15-9-17(14)13-5-6-13/h3-4,7,9,13H,5-6,8H2,1-2H3. The first-order valence-corrected chi connectivity index (χ1v) is 6.18. The molecule has 88 valence electrons. The smallest absolute Gasteiger partial charge is 0.137 e. The lowest BCUT2D eigenvalue weighted by molar-refractivity contribution is 0.694. The van der Waals surface area contributed by atoms with Gasteiger partial charge < -0.3 is 4.57 Å². The Kier molecular flexibility index (Phi) is 2.46. The van der Waals surface area contributed by atoms with Crippen molar-refractivity contribution in [1.29, 1.82) is 0 Å². The second-order valence-electron chi connectivity index (χ2n) is 4.98. The maximum Gasteiger partial charge on any atom is 0.137 e. The van der Waals surface area contributed by atoms with Gasteiger partial charge in [0, 0.05) is 12.5 Å². The predicted molar refractivity (Wildman–Crippen MR) is 67.0 cm³/mol. The Balaban J connectivity index is 1.85. The lowest BCUT2D eigenvalue weighted by Gasteiger charge is -2.06. The molecular weight excluding hydrogens is 210 g/mol. The molecule has 0 atom stereocenters. The van der Waals surface area contributed by atoms with Crippen molar-refractivity contribution >= 4 is 0 Å². The SMILES string of the molecule is Cc1ccc(Cc2nncn2C2CC2)cc1C. The van der Waals surface area contributed by atoms with Gasteiger partial charge in [-0.2, -0.15) is 0 Å². The Morgan fingerprint density at radius 2 is 2.06 bits per heavy atom. The molecule has 0 spiro atoms. The van der Waals surface area contributed by atoms with Gasteiger partial charge in [0.2, 0.25) is 0 Å². The van der Waals surface area contributed by atoms with Crippen molar-refractivity contribution in [3.8, 4) is 0 Å². The number of hydrogen-bond donors (Lipinski definition) is 0. The number of aryl methyl sites for hydroxylation is 2. The van der Waals surface area contributed by atoms with Crippen LogP contribution in [0.4, 0.5) is 0 Å². The molecule has 1 aliphatic carbocycles. The maximum atomic E-state index is 4.24. The summed E-state index contributed by atoms with van der Waals surface area (Å²) in [5, 5.41) is 8.27. The monoisotopic (exact) mass is 227 g/mol. The van der Waals surface area contributed by atoms with E-state index >= 15 is 0 Å². The summed E-state index contributed by atoms with van der Waals surface area (Å²) in [7, 11) is 0. The zero-order valence-electron chi connectivity index (χ0n) is 10.3. The van der Waals surface area contributed by atoms with Gasteiger partial charge in [0.05, 0.1) is 0 Å². The quantitative estimate of drug-likeness (QED) is 0.807. The number of benzene rings is 1. The predicted octanol–water partition coefficient (Wildman–Crippen LogP) is 2.82. The van der Waals surface area contributed by atoms with Crippen LogP contribution in [-0.4, -0.2) is 14.8 Å². The Morgan fingerprint density at radius 1 is 1.24 bits per heavy atom. The minimum absolute atomic E-state index is 0.659. The summed E-state index contributed by atoms with van der Waals surface area (Å²) in [6.07, 6.45) is 5.31. The topological polar surface area (TPSA) is 30.7 Å². The van der Waals surface area contributed by atoms with Gasteiger partial charge in [0.15, 0.2) is 0 Å². The zero-order valence-corrected chi connectivity index (χ0v) is 10.3. The lowest BCUT2D eigenvalue weighted by Crippen LogP contribution is -2.02.